The Morgan fingerprint density at radius 1 is 1.00 bits per heavy atom. The molecule has 1 aromatic carbocycles. The summed E-state index contributed by atoms with van der Waals surface area (Å²) in [5, 5.41) is 18.7. The monoisotopic (exact) mass is 483 g/mol. The molecule has 0 bridgehead atoms. The minimum absolute atomic E-state index is 0.175. The van der Waals surface area contributed by atoms with E-state index in [2.05, 4.69) is 67.7 Å². The van der Waals surface area contributed by atoms with Gasteiger partial charge in [-0.15, -0.1) is 10.2 Å². The number of benzene rings is 1. The third-order valence-electron chi connectivity index (χ3n) is 7.31. The first-order valence-corrected chi connectivity index (χ1v) is 12.6. The number of likely N-dealkylation sites (tertiary alicyclic amines) is 1. The Morgan fingerprint density at radius 2 is 1.83 bits per heavy atom. The molecule has 2 aliphatic rings. The van der Waals surface area contributed by atoms with Crippen molar-refractivity contribution in [3.05, 3.63) is 54.4 Å². The number of hydrogen-bond donors (Lipinski definition) is 2. The molecule has 2 saturated heterocycles. The maximum Gasteiger partial charge on any atom is 0.169 e. The summed E-state index contributed by atoms with van der Waals surface area (Å²) >= 11 is 0. The topological polar surface area (TPSA) is 94.6 Å². The van der Waals surface area contributed by atoms with Gasteiger partial charge < -0.3 is 20.6 Å². The molecule has 2 aliphatic heterocycles. The molecular weight excluding hydrogens is 450 g/mol. The van der Waals surface area contributed by atoms with Crippen LogP contribution in [-0.2, 0) is 0 Å². The van der Waals surface area contributed by atoms with Crippen molar-refractivity contribution in [2.75, 3.05) is 48.3 Å². The third kappa shape index (κ3) is 5.07. The number of nitrogens with zero attached hydrogens (tertiary/aromatic N) is 6. The molecule has 3 N–H and O–H groups in total. The number of phenolic OH excluding ortho intramolecular Hbond substituents is 1. The fraction of sp³-hybridized carbons (Fsp3) is 0.393. The molecule has 5 rings (SSSR count). The van der Waals surface area contributed by atoms with E-state index in [4.69, 9.17) is 5.73 Å². The Hall–Kier alpha value is -3.83. The second kappa shape index (κ2) is 10.4. The molecule has 8 heteroatoms. The summed E-state index contributed by atoms with van der Waals surface area (Å²) in [5.41, 5.74) is 10.3. The maximum atomic E-state index is 10.3. The van der Waals surface area contributed by atoms with Gasteiger partial charge in [0.15, 0.2) is 5.82 Å². The normalized spacial score (nSPS) is 20.3. The van der Waals surface area contributed by atoms with Crippen LogP contribution < -0.4 is 15.5 Å². The van der Waals surface area contributed by atoms with Gasteiger partial charge in [0.2, 0.25) is 0 Å². The van der Waals surface area contributed by atoms with Crippen molar-refractivity contribution in [1.82, 2.24) is 20.1 Å². The Bertz CT molecular complexity index is 1280. The maximum absolute atomic E-state index is 10.3. The molecule has 0 saturated carbocycles. The van der Waals surface area contributed by atoms with Crippen molar-refractivity contribution >= 4 is 17.2 Å². The molecule has 0 spiro atoms. The summed E-state index contributed by atoms with van der Waals surface area (Å²) in [5.74, 6) is 7.11. The number of aromatic hydroxyl groups is 1. The van der Waals surface area contributed by atoms with E-state index in [9.17, 15) is 5.11 Å². The highest BCUT2D eigenvalue weighted by Gasteiger charge is 2.24. The molecule has 36 heavy (non-hydrogen) atoms. The van der Waals surface area contributed by atoms with Crippen LogP contribution in [0.25, 0.3) is 11.3 Å². The van der Waals surface area contributed by atoms with E-state index in [1.807, 2.05) is 24.4 Å². The summed E-state index contributed by atoms with van der Waals surface area (Å²) in [6.07, 6.45) is 4.07. The highest BCUT2D eigenvalue weighted by Crippen LogP contribution is 2.32. The summed E-state index contributed by atoms with van der Waals surface area (Å²) in [4.78, 5) is 11.5. The molecule has 3 aromatic rings. The Balaban J connectivity index is 1.32. The third-order valence-corrected chi connectivity index (χ3v) is 7.31. The van der Waals surface area contributed by atoms with Gasteiger partial charge in [0.25, 0.3) is 0 Å². The summed E-state index contributed by atoms with van der Waals surface area (Å²) in [6, 6.07) is 14.2. The molecule has 186 valence electrons. The second-order valence-corrected chi connectivity index (χ2v) is 9.64. The SMILES string of the molecule is C[C@H]1CCN1CC#Cc1cc(N2CCN(c3cc(-c4ccccc4O)nnc3N)CC[C@@H]2C)ccn1. The molecule has 0 aliphatic carbocycles. The fourth-order valence-corrected chi connectivity index (χ4v) is 4.85. The standard InChI is InChI=1S/C28H33N7O/c1-20-10-14-33(20)13-5-6-22-18-23(9-12-30-22)35-17-16-34(15-11-21(35)2)26-19-25(31-32-28(26)29)24-7-3-4-8-27(24)36/h3-4,7-9,12,18-21,36H,10-11,13-17H2,1-2H3,(H2,29,32)/t20-,21-/m0/s1. The second-order valence-electron chi connectivity index (χ2n) is 9.64. The average Bonchev–Trinajstić information content (AvgIpc) is 3.08. The van der Waals surface area contributed by atoms with Crippen LogP contribution in [0.15, 0.2) is 48.7 Å². The van der Waals surface area contributed by atoms with Gasteiger partial charge in [-0.2, -0.15) is 0 Å². The summed E-state index contributed by atoms with van der Waals surface area (Å²) < 4.78 is 0. The lowest BCUT2D eigenvalue weighted by atomic mass is 10.1. The Labute approximate surface area is 212 Å². The molecule has 8 nitrogen and oxygen atoms in total. The van der Waals surface area contributed by atoms with Crippen molar-refractivity contribution in [2.24, 2.45) is 0 Å². The van der Waals surface area contributed by atoms with Gasteiger partial charge in [-0.25, -0.2) is 4.98 Å². The van der Waals surface area contributed by atoms with Gasteiger partial charge in [0.05, 0.1) is 17.9 Å². The number of nitrogen functional groups attached to an aromatic ring is 1. The number of hydrogen-bond acceptors (Lipinski definition) is 8. The van der Waals surface area contributed by atoms with Gasteiger partial charge in [0, 0.05) is 55.7 Å². The molecule has 2 aromatic heterocycles. The summed E-state index contributed by atoms with van der Waals surface area (Å²) in [6.45, 7) is 8.90. The van der Waals surface area contributed by atoms with Crippen molar-refractivity contribution < 1.29 is 5.11 Å². The van der Waals surface area contributed by atoms with E-state index in [1.54, 1.807) is 12.1 Å². The molecule has 2 fully saturated rings. The van der Waals surface area contributed by atoms with E-state index in [-0.39, 0.29) is 5.75 Å². The van der Waals surface area contributed by atoms with Crippen LogP contribution in [0.1, 0.15) is 32.4 Å². The quantitative estimate of drug-likeness (QED) is 0.546. The molecule has 0 radical (unpaired) electrons. The van der Waals surface area contributed by atoms with Crippen LogP contribution in [0.5, 0.6) is 5.75 Å². The lowest BCUT2D eigenvalue weighted by Gasteiger charge is -2.36. The zero-order chi connectivity index (χ0) is 25.1. The van der Waals surface area contributed by atoms with Crippen molar-refractivity contribution in [1.29, 1.82) is 0 Å². The predicted molar refractivity (Wildman–Crippen MR) is 144 cm³/mol. The first-order chi connectivity index (χ1) is 17.5. The predicted octanol–water partition coefficient (Wildman–Crippen LogP) is 3.38. The number of rotatable bonds is 4. The van der Waals surface area contributed by atoms with Gasteiger partial charge in [-0.3, -0.25) is 4.90 Å². The van der Waals surface area contributed by atoms with Crippen LogP contribution in [0.3, 0.4) is 0 Å². The lowest BCUT2D eigenvalue weighted by molar-refractivity contribution is 0.124. The molecule has 0 unspecified atom stereocenters. The zero-order valence-electron chi connectivity index (χ0n) is 20.9. The molecule has 4 heterocycles. The Kier molecular flexibility index (Phi) is 6.92. The van der Waals surface area contributed by atoms with Crippen molar-refractivity contribution in [2.45, 2.75) is 38.8 Å². The number of pyridine rings is 1. The van der Waals surface area contributed by atoms with Gasteiger partial charge in [-0.1, -0.05) is 18.1 Å². The van der Waals surface area contributed by atoms with E-state index in [0.717, 1.165) is 56.2 Å². The van der Waals surface area contributed by atoms with Crippen molar-refractivity contribution in [3.8, 4) is 28.8 Å². The Morgan fingerprint density at radius 3 is 2.61 bits per heavy atom. The molecular formula is C28H33N7O. The minimum Gasteiger partial charge on any atom is -0.507 e. The highest BCUT2D eigenvalue weighted by atomic mass is 16.3. The van der Waals surface area contributed by atoms with Crippen LogP contribution in [0.2, 0.25) is 0 Å². The molecule has 2 atom stereocenters. The van der Waals surface area contributed by atoms with Crippen LogP contribution >= 0.6 is 0 Å². The van der Waals surface area contributed by atoms with E-state index in [0.29, 0.717) is 29.2 Å². The van der Waals surface area contributed by atoms with Gasteiger partial charge in [0.1, 0.15) is 11.4 Å². The van der Waals surface area contributed by atoms with Crippen LogP contribution in [0.4, 0.5) is 17.2 Å². The number of phenols is 1. The van der Waals surface area contributed by atoms with Gasteiger partial charge >= 0.3 is 0 Å². The van der Waals surface area contributed by atoms with E-state index in [1.165, 1.54) is 6.42 Å². The van der Waals surface area contributed by atoms with Gasteiger partial charge in [-0.05, 0) is 62.9 Å². The van der Waals surface area contributed by atoms with Crippen molar-refractivity contribution in [3.63, 3.8) is 0 Å². The number of nitrogens with two attached hydrogens (primary N) is 1. The lowest BCUT2D eigenvalue weighted by Crippen LogP contribution is -2.45. The van der Waals surface area contributed by atoms with E-state index < -0.39 is 0 Å². The number of para-hydroxylation sites is 1. The largest absolute Gasteiger partial charge is 0.507 e. The van der Waals surface area contributed by atoms with Crippen LogP contribution in [0, 0.1) is 11.8 Å². The first kappa shape index (κ1) is 23.9. The summed E-state index contributed by atoms with van der Waals surface area (Å²) in [7, 11) is 0. The number of anilines is 3. The molecule has 0 amide bonds. The van der Waals surface area contributed by atoms with E-state index >= 15 is 0 Å². The average molecular weight is 484 g/mol. The number of aromatic nitrogens is 3. The smallest absolute Gasteiger partial charge is 0.169 e. The van der Waals surface area contributed by atoms with Crippen LogP contribution in [-0.4, -0.2) is 70.0 Å². The fourth-order valence-electron chi connectivity index (χ4n) is 4.85. The zero-order valence-corrected chi connectivity index (χ0v) is 20.9. The highest BCUT2D eigenvalue weighted by molar-refractivity contribution is 5.74. The minimum atomic E-state index is 0.175. The first-order valence-electron chi connectivity index (χ1n) is 12.6.